The largest absolute Gasteiger partial charge is 0.378 e. The number of benzene rings is 1. The first kappa shape index (κ1) is 24.5. The Morgan fingerprint density at radius 1 is 1.00 bits per heavy atom. The predicted molar refractivity (Wildman–Crippen MR) is 140 cm³/mol. The zero-order valence-electron chi connectivity index (χ0n) is 21.4. The number of carbonyl (C=O) groups excluding carboxylic acids is 1. The Hall–Kier alpha value is -3.23. The molecule has 0 saturated carbocycles. The third kappa shape index (κ3) is 5.29. The lowest BCUT2D eigenvalue weighted by Gasteiger charge is -2.29. The molecule has 8 heteroatoms. The molecule has 0 aliphatic carbocycles. The number of amides is 1. The number of hydrogen-bond donors (Lipinski definition) is 0. The minimum Gasteiger partial charge on any atom is -0.378 e. The average Bonchev–Trinajstić information content (AvgIpc) is 3.28. The smallest absolute Gasteiger partial charge is 0.274 e. The molecule has 0 radical (unpaired) electrons. The number of anilines is 1. The van der Waals surface area contributed by atoms with Gasteiger partial charge < -0.3 is 14.5 Å². The van der Waals surface area contributed by atoms with E-state index in [1.54, 1.807) is 6.20 Å². The monoisotopic (exact) mass is 488 g/mol. The number of hydrogen-bond acceptors (Lipinski definition) is 6. The van der Waals surface area contributed by atoms with Crippen LogP contribution in [0.4, 0.5) is 5.69 Å². The molecular formula is C28H36N6O2. The van der Waals surface area contributed by atoms with E-state index in [0.29, 0.717) is 38.5 Å². The summed E-state index contributed by atoms with van der Waals surface area (Å²) in [5.41, 5.74) is 6.31. The lowest BCUT2D eigenvalue weighted by atomic mass is 10.0. The fourth-order valence-corrected chi connectivity index (χ4v) is 5.20. The van der Waals surface area contributed by atoms with Crippen molar-refractivity contribution in [1.29, 1.82) is 0 Å². The van der Waals surface area contributed by atoms with Gasteiger partial charge in [0.1, 0.15) is 0 Å². The van der Waals surface area contributed by atoms with Gasteiger partial charge in [0.05, 0.1) is 25.5 Å². The zero-order chi connectivity index (χ0) is 24.9. The maximum absolute atomic E-state index is 13.5. The van der Waals surface area contributed by atoms with Crippen LogP contribution in [0.2, 0.25) is 0 Å². The molecule has 0 unspecified atom stereocenters. The lowest BCUT2D eigenvalue weighted by Crippen LogP contribution is -2.41. The summed E-state index contributed by atoms with van der Waals surface area (Å²) >= 11 is 0. The molecule has 2 aliphatic rings. The number of morpholine rings is 1. The van der Waals surface area contributed by atoms with E-state index in [4.69, 9.17) is 9.84 Å². The molecule has 190 valence electrons. The van der Waals surface area contributed by atoms with Crippen molar-refractivity contribution < 1.29 is 9.53 Å². The van der Waals surface area contributed by atoms with E-state index in [1.165, 1.54) is 11.3 Å². The third-order valence-electron chi connectivity index (χ3n) is 7.22. The molecule has 0 bridgehead atoms. The van der Waals surface area contributed by atoms with Crippen LogP contribution in [0.25, 0.3) is 0 Å². The summed E-state index contributed by atoms with van der Waals surface area (Å²) in [5.74, 6) is 0.0137. The van der Waals surface area contributed by atoms with Crippen molar-refractivity contribution in [1.82, 2.24) is 24.6 Å². The normalized spacial score (nSPS) is 16.1. The minimum atomic E-state index is 0.0137. The van der Waals surface area contributed by atoms with Crippen LogP contribution in [-0.2, 0) is 30.8 Å². The molecule has 0 atom stereocenters. The number of fused-ring (bicyclic) bond motifs is 1. The predicted octanol–water partition coefficient (Wildman–Crippen LogP) is 3.20. The van der Waals surface area contributed by atoms with Gasteiger partial charge in [0.25, 0.3) is 5.91 Å². The summed E-state index contributed by atoms with van der Waals surface area (Å²) < 4.78 is 7.47. The van der Waals surface area contributed by atoms with E-state index >= 15 is 0 Å². The topological polar surface area (TPSA) is 66.7 Å². The molecule has 36 heavy (non-hydrogen) atoms. The molecule has 1 aromatic carbocycles. The average molecular weight is 489 g/mol. The van der Waals surface area contributed by atoms with Crippen molar-refractivity contribution in [3.63, 3.8) is 0 Å². The summed E-state index contributed by atoms with van der Waals surface area (Å²) in [6, 6.07) is 14.8. The molecule has 1 fully saturated rings. The number of carbonyl (C=O) groups is 1. The van der Waals surface area contributed by atoms with E-state index < -0.39 is 0 Å². The first-order valence-electron chi connectivity index (χ1n) is 13.1. The van der Waals surface area contributed by atoms with Crippen LogP contribution in [0.1, 0.15) is 46.9 Å². The Morgan fingerprint density at radius 2 is 1.78 bits per heavy atom. The maximum atomic E-state index is 13.5. The first-order chi connectivity index (χ1) is 17.7. The molecule has 3 aromatic rings. The van der Waals surface area contributed by atoms with E-state index in [1.807, 2.05) is 27.8 Å². The molecule has 0 spiro atoms. The molecule has 1 amide bonds. The van der Waals surface area contributed by atoms with Crippen molar-refractivity contribution >= 4 is 11.6 Å². The molecule has 8 nitrogen and oxygen atoms in total. The third-order valence-corrected chi connectivity index (χ3v) is 7.22. The van der Waals surface area contributed by atoms with Crippen LogP contribution in [0.15, 0.2) is 48.7 Å². The fourth-order valence-electron chi connectivity index (χ4n) is 5.20. The van der Waals surface area contributed by atoms with Gasteiger partial charge in [-0.05, 0) is 43.7 Å². The molecule has 1 saturated heterocycles. The van der Waals surface area contributed by atoms with Crippen LogP contribution in [0, 0.1) is 0 Å². The van der Waals surface area contributed by atoms with E-state index in [9.17, 15) is 4.79 Å². The van der Waals surface area contributed by atoms with Crippen LogP contribution in [-0.4, -0.2) is 76.4 Å². The van der Waals surface area contributed by atoms with Gasteiger partial charge >= 0.3 is 0 Å². The van der Waals surface area contributed by atoms with Gasteiger partial charge in [-0.3, -0.25) is 19.4 Å². The first-order valence-corrected chi connectivity index (χ1v) is 13.1. The van der Waals surface area contributed by atoms with Crippen molar-refractivity contribution in [2.24, 2.45) is 0 Å². The number of rotatable bonds is 8. The van der Waals surface area contributed by atoms with Gasteiger partial charge in [-0.15, -0.1) is 0 Å². The second-order valence-electron chi connectivity index (χ2n) is 9.46. The van der Waals surface area contributed by atoms with Crippen molar-refractivity contribution in [3.05, 3.63) is 76.9 Å². The van der Waals surface area contributed by atoms with Crippen LogP contribution < -0.4 is 4.90 Å². The Labute approximate surface area is 213 Å². The second kappa shape index (κ2) is 11.2. The SMILES string of the molecule is CCN(CC)c1ccc(CN2CCc3c(c(C(=O)N4CCOCC4)nn3Cc3ccccn3)C2)cc1. The zero-order valence-corrected chi connectivity index (χ0v) is 21.4. The number of ether oxygens (including phenoxy) is 1. The molecule has 2 aliphatic heterocycles. The maximum Gasteiger partial charge on any atom is 0.274 e. The quantitative estimate of drug-likeness (QED) is 0.485. The second-order valence-corrected chi connectivity index (χ2v) is 9.46. The summed E-state index contributed by atoms with van der Waals surface area (Å²) in [4.78, 5) is 24.7. The van der Waals surface area contributed by atoms with Gasteiger partial charge in [-0.25, -0.2) is 0 Å². The van der Waals surface area contributed by atoms with Gasteiger partial charge in [0.2, 0.25) is 0 Å². The Bertz CT molecular complexity index is 1150. The molecular weight excluding hydrogens is 452 g/mol. The fraction of sp³-hybridized carbons (Fsp3) is 0.464. The van der Waals surface area contributed by atoms with Gasteiger partial charge in [0, 0.05) is 75.4 Å². The molecule has 0 N–H and O–H groups in total. The highest BCUT2D eigenvalue weighted by Crippen LogP contribution is 2.26. The van der Waals surface area contributed by atoms with E-state index in [-0.39, 0.29) is 5.91 Å². The van der Waals surface area contributed by atoms with Crippen molar-refractivity contribution in [2.45, 2.75) is 39.9 Å². The van der Waals surface area contributed by atoms with Gasteiger partial charge in [-0.1, -0.05) is 18.2 Å². The van der Waals surface area contributed by atoms with Crippen LogP contribution in [0.5, 0.6) is 0 Å². The Morgan fingerprint density at radius 3 is 2.47 bits per heavy atom. The molecule has 5 rings (SSSR count). The van der Waals surface area contributed by atoms with E-state index in [0.717, 1.165) is 56.1 Å². The van der Waals surface area contributed by atoms with Crippen molar-refractivity contribution in [2.75, 3.05) is 50.8 Å². The highest BCUT2D eigenvalue weighted by atomic mass is 16.5. The molecule has 2 aromatic heterocycles. The van der Waals surface area contributed by atoms with Gasteiger partial charge in [-0.2, -0.15) is 5.10 Å². The molecule has 4 heterocycles. The standard InChI is InChI=1S/C28H36N6O2/c1-3-32(4-2)24-10-8-22(9-11-24)19-31-14-12-26-25(21-31)27(28(35)33-15-17-36-18-16-33)30-34(26)20-23-7-5-6-13-29-23/h5-11,13H,3-4,12,14-21H2,1-2H3. The van der Waals surface area contributed by atoms with Gasteiger partial charge in [0.15, 0.2) is 5.69 Å². The highest BCUT2D eigenvalue weighted by molar-refractivity contribution is 5.94. The number of aromatic nitrogens is 3. The lowest BCUT2D eigenvalue weighted by molar-refractivity contribution is 0.0297. The minimum absolute atomic E-state index is 0.0137. The summed E-state index contributed by atoms with van der Waals surface area (Å²) in [6.07, 6.45) is 2.67. The number of pyridine rings is 1. The highest BCUT2D eigenvalue weighted by Gasteiger charge is 2.31. The number of nitrogens with zero attached hydrogens (tertiary/aromatic N) is 6. The summed E-state index contributed by atoms with van der Waals surface area (Å²) in [5, 5.41) is 4.87. The van der Waals surface area contributed by atoms with E-state index in [2.05, 4.69) is 52.9 Å². The Balaban J connectivity index is 1.37. The Kier molecular flexibility index (Phi) is 7.63. The van der Waals surface area contributed by atoms with Crippen LogP contribution >= 0.6 is 0 Å². The summed E-state index contributed by atoms with van der Waals surface area (Å²) in [6.45, 7) is 11.9. The van der Waals surface area contributed by atoms with Crippen molar-refractivity contribution in [3.8, 4) is 0 Å². The summed E-state index contributed by atoms with van der Waals surface area (Å²) in [7, 11) is 0. The van der Waals surface area contributed by atoms with Crippen LogP contribution in [0.3, 0.4) is 0 Å².